The van der Waals surface area contributed by atoms with E-state index in [9.17, 15) is 4.79 Å². The highest BCUT2D eigenvalue weighted by atomic mass is 35.5. The molecule has 1 rings (SSSR count). The smallest absolute Gasteiger partial charge is 0.229 e. The van der Waals surface area contributed by atoms with Gasteiger partial charge in [0.15, 0.2) is 0 Å². The van der Waals surface area contributed by atoms with E-state index in [1.54, 1.807) is 0 Å². The molecule has 88 valence electrons. The van der Waals surface area contributed by atoms with Crippen LogP contribution in [0.2, 0.25) is 0 Å². The zero-order chi connectivity index (χ0) is 11.5. The van der Waals surface area contributed by atoms with Gasteiger partial charge in [-0.1, -0.05) is 0 Å². The Morgan fingerprint density at radius 2 is 2.27 bits per heavy atom. The molecule has 1 aliphatic heterocycles. The van der Waals surface area contributed by atoms with E-state index >= 15 is 0 Å². The number of alkyl halides is 1. The molecule has 1 unspecified atom stereocenters. The Morgan fingerprint density at radius 1 is 1.60 bits per heavy atom. The summed E-state index contributed by atoms with van der Waals surface area (Å²) in [6.45, 7) is 8.54. The third-order valence-corrected chi connectivity index (χ3v) is 3.66. The number of hydrogen-bond donors (Lipinski definition) is 1. The van der Waals surface area contributed by atoms with Gasteiger partial charge in [-0.25, -0.2) is 0 Å². The molecule has 3 nitrogen and oxygen atoms in total. The third-order valence-electron chi connectivity index (χ3n) is 2.99. The molecule has 0 saturated carbocycles. The second kappa shape index (κ2) is 5.17. The number of nitrogens with one attached hydrogen (secondary N) is 1. The molecule has 0 radical (unpaired) electrons. The van der Waals surface area contributed by atoms with Gasteiger partial charge in [0.1, 0.15) is 0 Å². The number of rotatable bonds is 4. The largest absolute Gasteiger partial charge is 0.338 e. The van der Waals surface area contributed by atoms with E-state index in [2.05, 4.69) is 5.32 Å². The molecule has 1 heterocycles. The quantitative estimate of drug-likeness (QED) is 0.745. The van der Waals surface area contributed by atoms with E-state index in [0.717, 1.165) is 26.1 Å². The zero-order valence-corrected chi connectivity index (χ0v) is 10.6. The fourth-order valence-corrected chi connectivity index (χ4v) is 2.03. The maximum atomic E-state index is 12.2. The van der Waals surface area contributed by atoms with Crippen molar-refractivity contribution in [1.82, 2.24) is 10.2 Å². The van der Waals surface area contributed by atoms with Crippen LogP contribution in [0.3, 0.4) is 0 Å². The predicted octanol–water partition coefficient (Wildman–Crippen LogP) is 1.46. The molecule has 1 N–H and O–H groups in total. The highest BCUT2D eigenvalue weighted by Gasteiger charge is 2.34. The number of halogens is 1. The van der Waals surface area contributed by atoms with Crippen molar-refractivity contribution in [2.75, 3.05) is 25.5 Å². The molecule has 1 fully saturated rings. The second-order valence-electron chi connectivity index (χ2n) is 4.76. The molecule has 0 aromatic rings. The molecule has 0 spiro atoms. The number of amides is 1. The molecule has 0 aromatic carbocycles. The lowest BCUT2D eigenvalue weighted by molar-refractivity contribution is -0.141. The maximum Gasteiger partial charge on any atom is 0.229 e. The highest BCUT2D eigenvalue weighted by molar-refractivity contribution is 6.19. The standard InChI is InChI=1S/C11H21ClN2O/c1-4-14(9-5-6-13-7-9)10(15)11(2,3)8-12/h9,13H,4-8H2,1-3H3. The van der Waals surface area contributed by atoms with Gasteiger partial charge in [-0.3, -0.25) is 4.79 Å². The molecule has 0 aliphatic carbocycles. The van der Waals surface area contributed by atoms with Crippen molar-refractivity contribution in [2.24, 2.45) is 5.41 Å². The number of likely N-dealkylation sites (N-methyl/N-ethyl adjacent to an activating group) is 1. The number of hydrogen-bond acceptors (Lipinski definition) is 2. The average molecular weight is 233 g/mol. The summed E-state index contributed by atoms with van der Waals surface area (Å²) >= 11 is 5.83. The Kier molecular flexibility index (Phi) is 4.41. The molecule has 1 aliphatic rings. The van der Waals surface area contributed by atoms with Gasteiger partial charge in [-0.15, -0.1) is 11.6 Å². The van der Waals surface area contributed by atoms with Gasteiger partial charge in [-0.2, -0.15) is 0 Å². The van der Waals surface area contributed by atoms with E-state index < -0.39 is 5.41 Å². The lowest BCUT2D eigenvalue weighted by Gasteiger charge is -2.33. The number of carbonyl (C=O) groups is 1. The van der Waals surface area contributed by atoms with E-state index in [-0.39, 0.29) is 5.91 Å². The SMILES string of the molecule is CCN(C(=O)C(C)(C)CCl)C1CCNC1. The molecular weight excluding hydrogens is 212 g/mol. The van der Waals surface area contributed by atoms with Crippen molar-refractivity contribution in [1.29, 1.82) is 0 Å². The summed E-state index contributed by atoms with van der Waals surface area (Å²) in [6, 6.07) is 0.352. The Bertz CT molecular complexity index is 225. The number of carbonyl (C=O) groups excluding carboxylic acids is 1. The van der Waals surface area contributed by atoms with E-state index in [1.165, 1.54) is 0 Å². The lowest BCUT2D eigenvalue weighted by atomic mass is 9.93. The second-order valence-corrected chi connectivity index (χ2v) is 5.02. The first kappa shape index (κ1) is 12.8. The summed E-state index contributed by atoms with van der Waals surface area (Å²) in [7, 11) is 0. The molecule has 1 amide bonds. The summed E-state index contributed by atoms with van der Waals surface area (Å²) in [5.74, 6) is 0.552. The summed E-state index contributed by atoms with van der Waals surface area (Å²) < 4.78 is 0. The van der Waals surface area contributed by atoms with Gasteiger partial charge in [-0.05, 0) is 33.7 Å². The van der Waals surface area contributed by atoms with Crippen LogP contribution in [0.15, 0.2) is 0 Å². The van der Waals surface area contributed by atoms with Crippen molar-refractivity contribution in [3.63, 3.8) is 0 Å². The van der Waals surface area contributed by atoms with Crippen LogP contribution in [0.4, 0.5) is 0 Å². The fraction of sp³-hybridized carbons (Fsp3) is 0.909. The van der Waals surface area contributed by atoms with Crippen LogP contribution >= 0.6 is 11.6 Å². The van der Waals surface area contributed by atoms with Crippen LogP contribution in [0.5, 0.6) is 0 Å². The van der Waals surface area contributed by atoms with Crippen molar-refractivity contribution >= 4 is 17.5 Å². The minimum absolute atomic E-state index is 0.175. The van der Waals surface area contributed by atoms with Crippen LogP contribution in [0.1, 0.15) is 27.2 Å². The van der Waals surface area contributed by atoms with Crippen molar-refractivity contribution in [3.05, 3.63) is 0 Å². The van der Waals surface area contributed by atoms with Gasteiger partial charge in [0.05, 0.1) is 5.41 Å². The van der Waals surface area contributed by atoms with Crippen molar-refractivity contribution in [2.45, 2.75) is 33.2 Å². The monoisotopic (exact) mass is 232 g/mol. The lowest BCUT2D eigenvalue weighted by Crippen LogP contribution is -2.48. The van der Waals surface area contributed by atoms with Gasteiger partial charge in [0, 0.05) is 25.0 Å². The fourth-order valence-electron chi connectivity index (χ4n) is 1.92. The van der Waals surface area contributed by atoms with Crippen LogP contribution in [0.25, 0.3) is 0 Å². The first-order chi connectivity index (χ1) is 7.03. The Morgan fingerprint density at radius 3 is 2.67 bits per heavy atom. The van der Waals surface area contributed by atoms with Gasteiger partial charge in [0.25, 0.3) is 0 Å². The predicted molar refractivity (Wildman–Crippen MR) is 63.2 cm³/mol. The average Bonchev–Trinajstić information content (AvgIpc) is 2.72. The van der Waals surface area contributed by atoms with E-state index in [0.29, 0.717) is 11.9 Å². The minimum atomic E-state index is -0.444. The van der Waals surface area contributed by atoms with Crippen molar-refractivity contribution < 1.29 is 4.79 Å². The molecule has 1 saturated heterocycles. The third kappa shape index (κ3) is 2.85. The first-order valence-corrected chi connectivity index (χ1v) is 6.14. The molecule has 0 aromatic heterocycles. The molecule has 0 bridgehead atoms. The van der Waals surface area contributed by atoms with Gasteiger partial charge < -0.3 is 10.2 Å². The van der Waals surface area contributed by atoms with E-state index in [4.69, 9.17) is 11.6 Å². The van der Waals surface area contributed by atoms with Gasteiger partial charge in [0.2, 0.25) is 5.91 Å². The summed E-state index contributed by atoms with van der Waals surface area (Å²) in [6.07, 6.45) is 1.05. The molecular formula is C11H21ClN2O. The Labute approximate surface area is 97.2 Å². The molecule has 15 heavy (non-hydrogen) atoms. The van der Waals surface area contributed by atoms with Gasteiger partial charge >= 0.3 is 0 Å². The van der Waals surface area contributed by atoms with Crippen LogP contribution < -0.4 is 5.32 Å². The normalized spacial score (nSPS) is 21.7. The highest BCUT2D eigenvalue weighted by Crippen LogP contribution is 2.23. The minimum Gasteiger partial charge on any atom is -0.338 e. The van der Waals surface area contributed by atoms with Crippen LogP contribution in [0, 0.1) is 5.41 Å². The van der Waals surface area contributed by atoms with Crippen LogP contribution in [-0.2, 0) is 4.79 Å². The molecule has 4 heteroatoms. The molecule has 1 atom stereocenters. The maximum absolute atomic E-state index is 12.2. The first-order valence-electron chi connectivity index (χ1n) is 5.60. The number of nitrogens with zero attached hydrogens (tertiary/aromatic N) is 1. The Hall–Kier alpha value is -0.280. The van der Waals surface area contributed by atoms with Crippen molar-refractivity contribution in [3.8, 4) is 0 Å². The zero-order valence-electron chi connectivity index (χ0n) is 9.85. The Balaban J connectivity index is 2.69. The summed E-state index contributed by atoms with van der Waals surface area (Å²) in [4.78, 5) is 14.2. The summed E-state index contributed by atoms with van der Waals surface area (Å²) in [5, 5.41) is 3.28. The van der Waals surface area contributed by atoms with Crippen LogP contribution in [-0.4, -0.2) is 42.4 Å². The summed E-state index contributed by atoms with van der Waals surface area (Å²) in [5.41, 5.74) is -0.444. The topological polar surface area (TPSA) is 32.3 Å². The van der Waals surface area contributed by atoms with E-state index in [1.807, 2.05) is 25.7 Å².